The molecule has 20 heavy (non-hydrogen) atoms. The Kier molecular flexibility index (Phi) is 5.46. The summed E-state index contributed by atoms with van der Waals surface area (Å²) in [7, 11) is 2.05. The van der Waals surface area contributed by atoms with Gasteiger partial charge in [0.2, 0.25) is 0 Å². The maximum Gasteiger partial charge on any atom is 0.263 e. The van der Waals surface area contributed by atoms with E-state index >= 15 is 0 Å². The van der Waals surface area contributed by atoms with Gasteiger partial charge in [0.15, 0.2) is 0 Å². The highest BCUT2D eigenvalue weighted by Gasteiger charge is 2.31. The van der Waals surface area contributed by atoms with E-state index in [1.54, 1.807) is 12.1 Å². The fraction of sp³-hybridized carbons (Fsp3) is 0.600. The molecular formula is C15H22F2N2O. The van der Waals surface area contributed by atoms with Gasteiger partial charge in [0.25, 0.3) is 6.43 Å². The van der Waals surface area contributed by atoms with E-state index in [1.807, 2.05) is 7.05 Å². The highest BCUT2D eigenvalue weighted by Crippen LogP contribution is 2.29. The first kappa shape index (κ1) is 15.4. The molecule has 1 aliphatic heterocycles. The van der Waals surface area contributed by atoms with Crippen LogP contribution in [0.15, 0.2) is 24.3 Å². The number of benzene rings is 1. The Hall–Kier alpha value is -1.04. The van der Waals surface area contributed by atoms with Crippen LogP contribution in [0.1, 0.15) is 30.5 Å². The molecule has 0 aliphatic carbocycles. The molecule has 1 saturated heterocycles. The van der Waals surface area contributed by atoms with E-state index in [-0.39, 0.29) is 17.7 Å². The zero-order valence-electron chi connectivity index (χ0n) is 12.0. The maximum atomic E-state index is 12.6. The summed E-state index contributed by atoms with van der Waals surface area (Å²) in [6, 6.07) is 6.70. The van der Waals surface area contributed by atoms with E-state index < -0.39 is 6.43 Å². The van der Waals surface area contributed by atoms with Gasteiger partial charge in [0.05, 0.1) is 18.8 Å². The fourth-order valence-electron chi connectivity index (χ4n) is 2.63. The maximum absolute atomic E-state index is 12.6. The Labute approximate surface area is 118 Å². The standard InChI is InChI=1S/C15H22F2N2O/c1-3-18-10-13-14(19(2)8-9-20-13)11-4-6-12(7-5-11)15(16)17/h4-7,13-15,18H,3,8-10H2,1-2H3. The number of halogens is 2. The molecule has 1 aliphatic rings. The Balaban J connectivity index is 2.16. The van der Waals surface area contributed by atoms with Gasteiger partial charge in [-0.05, 0) is 19.2 Å². The lowest BCUT2D eigenvalue weighted by Crippen LogP contribution is -2.47. The van der Waals surface area contributed by atoms with Crippen molar-refractivity contribution < 1.29 is 13.5 Å². The molecule has 1 aromatic rings. The lowest BCUT2D eigenvalue weighted by molar-refractivity contribution is -0.0611. The first-order chi connectivity index (χ1) is 9.63. The highest BCUT2D eigenvalue weighted by atomic mass is 19.3. The summed E-state index contributed by atoms with van der Waals surface area (Å²) in [5.41, 5.74) is 1.09. The zero-order valence-corrected chi connectivity index (χ0v) is 12.0. The van der Waals surface area contributed by atoms with Crippen LogP contribution in [-0.4, -0.2) is 44.3 Å². The summed E-state index contributed by atoms with van der Waals surface area (Å²) in [4.78, 5) is 2.23. The van der Waals surface area contributed by atoms with Gasteiger partial charge in [-0.3, -0.25) is 4.90 Å². The molecule has 5 heteroatoms. The second-order valence-electron chi connectivity index (χ2n) is 5.11. The Morgan fingerprint density at radius 2 is 2.05 bits per heavy atom. The monoisotopic (exact) mass is 284 g/mol. The van der Waals surface area contributed by atoms with Crippen LogP contribution in [0.25, 0.3) is 0 Å². The van der Waals surface area contributed by atoms with E-state index in [1.165, 1.54) is 12.1 Å². The molecular weight excluding hydrogens is 262 g/mol. The molecule has 0 saturated carbocycles. The predicted molar refractivity (Wildman–Crippen MR) is 75.1 cm³/mol. The van der Waals surface area contributed by atoms with Gasteiger partial charge < -0.3 is 10.1 Å². The minimum Gasteiger partial charge on any atom is -0.374 e. The second-order valence-corrected chi connectivity index (χ2v) is 5.11. The van der Waals surface area contributed by atoms with E-state index in [0.717, 1.165) is 25.2 Å². The Morgan fingerprint density at radius 3 is 2.65 bits per heavy atom. The van der Waals surface area contributed by atoms with Crippen LogP contribution in [0.2, 0.25) is 0 Å². The quantitative estimate of drug-likeness (QED) is 0.899. The molecule has 1 fully saturated rings. The molecule has 3 nitrogen and oxygen atoms in total. The van der Waals surface area contributed by atoms with Crippen molar-refractivity contribution in [3.05, 3.63) is 35.4 Å². The van der Waals surface area contributed by atoms with Crippen molar-refractivity contribution >= 4 is 0 Å². The number of alkyl halides is 2. The van der Waals surface area contributed by atoms with Crippen molar-refractivity contribution in [1.29, 1.82) is 0 Å². The smallest absolute Gasteiger partial charge is 0.263 e. The van der Waals surface area contributed by atoms with Gasteiger partial charge in [-0.25, -0.2) is 8.78 Å². The van der Waals surface area contributed by atoms with Gasteiger partial charge >= 0.3 is 0 Å². The molecule has 0 amide bonds. The molecule has 0 spiro atoms. The van der Waals surface area contributed by atoms with Gasteiger partial charge in [-0.1, -0.05) is 31.2 Å². The van der Waals surface area contributed by atoms with E-state index in [9.17, 15) is 8.78 Å². The number of nitrogens with zero attached hydrogens (tertiary/aromatic N) is 1. The van der Waals surface area contributed by atoms with Crippen LogP contribution < -0.4 is 5.32 Å². The average molecular weight is 284 g/mol. The summed E-state index contributed by atoms with van der Waals surface area (Å²) in [6.45, 7) is 5.27. The normalized spacial score (nSPS) is 24.2. The number of likely N-dealkylation sites (N-methyl/N-ethyl adjacent to an activating group) is 2. The summed E-state index contributed by atoms with van der Waals surface area (Å²) < 4.78 is 31.1. The molecule has 1 aromatic carbocycles. The van der Waals surface area contributed by atoms with E-state index in [4.69, 9.17) is 4.74 Å². The Morgan fingerprint density at radius 1 is 1.35 bits per heavy atom. The predicted octanol–water partition coefficient (Wildman–Crippen LogP) is 2.61. The molecule has 0 radical (unpaired) electrons. The minimum atomic E-state index is -2.41. The molecule has 1 N–H and O–H groups in total. The number of rotatable bonds is 5. The lowest BCUT2D eigenvalue weighted by atomic mass is 9.97. The molecule has 2 atom stereocenters. The third-order valence-corrected chi connectivity index (χ3v) is 3.73. The van der Waals surface area contributed by atoms with Crippen LogP contribution in [0, 0.1) is 0 Å². The average Bonchev–Trinajstić information content (AvgIpc) is 2.45. The summed E-state index contributed by atoms with van der Waals surface area (Å²) in [5.74, 6) is 0. The first-order valence-electron chi connectivity index (χ1n) is 7.04. The van der Waals surface area contributed by atoms with Crippen molar-refractivity contribution in [2.75, 3.05) is 33.3 Å². The lowest BCUT2D eigenvalue weighted by Gasteiger charge is -2.39. The highest BCUT2D eigenvalue weighted by molar-refractivity contribution is 5.27. The topological polar surface area (TPSA) is 24.5 Å². The molecule has 1 heterocycles. The van der Waals surface area contributed by atoms with Gasteiger partial charge in [0, 0.05) is 18.7 Å². The second kappa shape index (κ2) is 7.11. The van der Waals surface area contributed by atoms with Crippen LogP contribution >= 0.6 is 0 Å². The molecule has 0 bridgehead atoms. The van der Waals surface area contributed by atoms with Crippen molar-refractivity contribution in [3.63, 3.8) is 0 Å². The third kappa shape index (κ3) is 3.53. The van der Waals surface area contributed by atoms with Gasteiger partial charge in [-0.2, -0.15) is 0 Å². The SMILES string of the molecule is CCNCC1OCCN(C)C1c1ccc(C(F)F)cc1. The minimum absolute atomic E-state index is 0.0473. The van der Waals surface area contributed by atoms with Crippen molar-refractivity contribution in [2.24, 2.45) is 0 Å². The summed E-state index contributed by atoms with van der Waals surface area (Å²) in [5, 5.41) is 3.30. The van der Waals surface area contributed by atoms with Crippen molar-refractivity contribution in [2.45, 2.75) is 25.5 Å². The van der Waals surface area contributed by atoms with E-state index in [2.05, 4.69) is 17.1 Å². The van der Waals surface area contributed by atoms with Crippen molar-refractivity contribution in [1.82, 2.24) is 10.2 Å². The van der Waals surface area contributed by atoms with Crippen molar-refractivity contribution in [3.8, 4) is 0 Å². The molecule has 112 valence electrons. The number of morpholine rings is 1. The number of ether oxygens (including phenoxy) is 1. The summed E-state index contributed by atoms with van der Waals surface area (Å²) in [6.07, 6.45) is -2.37. The third-order valence-electron chi connectivity index (χ3n) is 3.73. The van der Waals surface area contributed by atoms with Crippen LogP contribution in [0.4, 0.5) is 8.78 Å². The zero-order chi connectivity index (χ0) is 14.5. The van der Waals surface area contributed by atoms with Gasteiger partial charge in [-0.15, -0.1) is 0 Å². The first-order valence-corrected chi connectivity index (χ1v) is 7.04. The molecule has 0 aromatic heterocycles. The summed E-state index contributed by atoms with van der Waals surface area (Å²) >= 11 is 0. The van der Waals surface area contributed by atoms with Crippen LogP contribution in [-0.2, 0) is 4.74 Å². The Bertz CT molecular complexity index is 411. The van der Waals surface area contributed by atoms with E-state index in [0.29, 0.717) is 6.61 Å². The van der Waals surface area contributed by atoms with Crippen LogP contribution in [0.5, 0.6) is 0 Å². The largest absolute Gasteiger partial charge is 0.374 e. The molecule has 2 rings (SSSR count). The van der Waals surface area contributed by atoms with Gasteiger partial charge in [0.1, 0.15) is 0 Å². The fourth-order valence-corrected chi connectivity index (χ4v) is 2.63. The number of nitrogens with one attached hydrogen (secondary N) is 1. The number of hydrogen-bond acceptors (Lipinski definition) is 3. The number of hydrogen-bond donors (Lipinski definition) is 1. The van der Waals surface area contributed by atoms with Crippen LogP contribution in [0.3, 0.4) is 0 Å². The molecule has 2 unspecified atom stereocenters.